The molecule has 0 radical (unpaired) electrons. The van der Waals surface area contributed by atoms with Gasteiger partial charge in [-0.1, -0.05) is 24.3 Å². The van der Waals surface area contributed by atoms with Crippen LogP contribution >= 0.6 is 0 Å². The van der Waals surface area contributed by atoms with Crippen LogP contribution in [-0.4, -0.2) is 99.9 Å². The van der Waals surface area contributed by atoms with Crippen molar-refractivity contribution in [1.82, 2.24) is 20.0 Å². The lowest BCUT2D eigenvalue weighted by molar-refractivity contribution is -0.0858. The molecule has 0 aliphatic carbocycles. The fourth-order valence-corrected chi connectivity index (χ4v) is 6.40. The number of aryl methyl sites for hydroxylation is 1. The summed E-state index contributed by atoms with van der Waals surface area (Å²) in [6.07, 6.45) is -2.32. The second-order valence-corrected chi connectivity index (χ2v) is 11.2. The molecular weight excluding hydrogens is 498 g/mol. The molecule has 210 valence electrons. The van der Waals surface area contributed by atoms with Crippen molar-refractivity contribution in [2.75, 3.05) is 44.7 Å². The summed E-state index contributed by atoms with van der Waals surface area (Å²) in [5.74, 6) is -0.314. The molecule has 3 fully saturated rings. The number of carbonyl (C=O) groups excluding carboxylic acids is 1. The lowest BCUT2D eigenvalue weighted by Gasteiger charge is -2.46. The van der Waals surface area contributed by atoms with E-state index in [1.54, 1.807) is 12.1 Å². The van der Waals surface area contributed by atoms with Crippen molar-refractivity contribution in [3.8, 4) is 0 Å². The molecule has 2 aromatic carbocycles. The van der Waals surface area contributed by atoms with Crippen LogP contribution in [0.15, 0.2) is 36.4 Å². The number of fused-ring (bicyclic) bond motifs is 1. The minimum absolute atomic E-state index is 0.314. The first-order chi connectivity index (χ1) is 18.9. The van der Waals surface area contributed by atoms with E-state index in [4.69, 9.17) is 4.74 Å². The van der Waals surface area contributed by atoms with Crippen LogP contribution in [0.2, 0.25) is 0 Å². The standard InChI is InChI=1S/C29H39N5O5/c1-18-13-19(5-6-20(18)15-32-16-21(17-32)33-9-11-39-12-10-33)14-30-23-4-2-3-22-26(23)29(38)34(28(22)37)24-7-8-25(35)31-27(24)36/h2-6,13,21,24-25,27,29-31,35-36,38H,7-12,14-17H2,1H3. The van der Waals surface area contributed by atoms with Gasteiger partial charge in [0.2, 0.25) is 0 Å². The van der Waals surface area contributed by atoms with E-state index in [0.717, 1.165) is 51.5 Å². The molecule has 5 N–H and O–H groups in total. The van der Waals surface area contributed by atoms with Crippen molar-refractivity contribution < 1.29 is 24.9 Å². The molecule has 2 aromatic rings. The smallest absolute Gasteiger partial charge is 0.257 e. The van der Waals surface area contributed by atoms with Gasteiger partial charge in [-0.3, -0.25) is 19.9 Å². The lowest BCUT2D eigenvalue weighted by atomic mass is 10.0. The third-order valence-corrected chi connectivity index (χ3v) is 8.70. The topological polar surface area (TPSA) is 121 Å². The van der Waals surface area contributed by atoms with Crippen LogP contribution in [0, 0.1) is 6.92 Å². The van der Waals surface area contributed by atoms with Crippen LogP contribution < -0.4 is 10.6 Å². The molecule has 1 amide bonds. The Morgan fingerprint density at radius 3 is 2.62 bits per heavy atom. The average molecular weight is 538 g/mol. The highest BCUT2D eigenvalue weighted by atomic mass is 16.5. The monoisotopic (exact) mass is 537 g/mol. The second-order valence-electron chi connectivity index (χ2n) is 11.2. The van der Waals surface area contributed by atoms with Crippen molar-refractivity contribution in [3.63, 3.8) is 0 Å². The Hall–Kier alpha value is -2.57. The highest BCUT2D eigenvalue weighted by Crippen LogP contribution is 2.40. The molecule has 6 rings (SSSR count). The molecule has 10 nitrogen and oxygen atoms in total. The molecule has 3 saturated heterocycles. The number of hydrogen-bond acceptors (Lipinski definition) is 9. The first-order valence-corrected chi connectivity index (χ1v) is 14.0. The lowest BCUT2D eigenvalue weighted by Crippen LogP contribution is -2.60. The molecule has 39 heavy (non-hydrogen) atoms. The maximum absolute atomic E-state index is 13.2. The summed E-state index contributed by atoms with van der Waals surface area (Å²) in [6, 6.07) is 12.0. The Kier molecular flexibility index (Phi) is 7.60. The van der Waals surface area contributed by atoms with Gasteiger partial charge < -0.3 is 30.3 Å². The van der Waals surface area contributed by atoms with E-state index >= 15 is 0 Å². The first-order valence-electron chi connectivity index (χ1n) is 14.0. The quantitative estimate of drug-likeness (QED) is 0.352. The summed E-state index contributed by atoms with van der Waals surface area (Å²) in [5.41, 5.74) is 5.38. The van der Waals surface area contributed by atoms with Gasteiger partial charge in [-0.15, -0.1) is 0 Å². The number of morpholine rings is 1. The van der Waals surface area contributed by atoms with E-state index < -0.39 is 24.7 Å². The van der Waals surface area contributed by atoms with E-state index in [1.165, 1.54) is 16.0 Å². The van der Waals surface area contributed by atoms with Gasteiger partial charge in [0, 0.05) is 62.1 Å². The molecule has 4 aliphatic heterocycles. The Balaban J connectivity index is 1.08. The summed E-state index contributed by atoms with van der Waals surface area (Å²) < 4.78 is 5.48. The van der Waals surface area contributed by atoms with Crippen LogP contribution in [0.4, 0.5) is 5.69 Å². The molecule has 4 unspecified atom stereocenters. The average Bonchev–Trinajstić information content (AvgIpc) is 3.16. The fraction of sp³-hybridized carbons (Fsp3) is 0.552. The zero-order valence-corrected chi connectivity index (χ0v) is 22.4. The first kappa shape index (κ1) is 26.6. The molecule has 0 bridgehead atoms. The van der Waals surface area contributed by atoms with Crippen LogP contribution in [0.5, 0.6) is 0 Å². The van der Waals surface area contributed by atoms with E-state index in [9.17, 15) is 20.1 Å². The van der Waals surface area contributed by atoms with Crippen LogP contribution in [0.3, 0.4) is 0 Å². The van der Waals surface area contributed by atoms with Gasteiger partial charge in [-0.25, -0.2) is 0 Å². The Labute approximate surface area is 229 Å². The summed E-state index contributed by atoms with van der Waals surface area (Å²) >= 11 is 0. The Morgan fingerprint density at radius 1 is 1.08 bits per heavy atom. The Bertz CT molecular complexity index is 1200. The number of nitrogens with one attached hydrogen (secondary N) is 2. The number of carbonyl (C=O) groups is 1. The van der Waals surface area contributed by atoms with Crippen molar-refractivity contribution in [3.05, 3.63) is 64.2 Å². The highest BCUT2D eigenvalue weighted by molar-refractivity contribution is 6.01. The van der Waals surface area contributed by atoms with Crippen molar-refractivity contribution in [2.24, 2.45) is 0 Å². The van der Waals surface area contributed by atoms with Crippen LogP contribution in [0.25, 0.3) is 0 Å². The number of piperidine rings is 1. The zero-order valence-electron chi connectivity index (χ0n) is 22.4. The van der Waals surface area contributed by atoms with Crippen molar-refractivity contribution in [1.29, 1.82) is 0 Å². The van der Waals surface area contributed by atoms with Crippen molar-refractivity contribution in [2.45, 2.75) is 63.6 Å². The number of anilines is 1. The molecule has 4 atom stereocenters. The zero-order chi connectivity index (χ0) is 27.1. The van der Waals surface area contributed by atoms with E-state index in [-0.39, 0.29) is 5.91 Å². The summed E-state index contributed by atoms with van der Waals surface area (Å²) in [7, 11) is 0. The molecule has 0 saturated carbocycles. The molecule has 4 aliphatic rings. The summed E-state index contributed by atoms with van der Waals surface area (Å²) in [5, 5.41) is 37.5. The highest BCUT2D eigenvalue weighted by Gasteiger charge is 2.45. The van der Waals surface area contributed by atoms with Gasteiger partial charge >= 0.3 is 0 Å². The van der Waals surface area contributed by atoms with Gasteiger partial charge in [-0.2, -0.15) is 0 Å². The maximum Gasteiger partial charge on any atom is 0.257 e. The number of hydrogen-bond donors (Lipinski definition) is 5. The Morgan fingerprint density at radius 2 is 1.87 bits per heavy atom. The molecule has 4 heterocycles. The van der Waals surface area contributed by atoms with Crippen LogP contribution in [0.1, 0.15) is 51.7 Å². The van der Waals surface area contributed by atoms with Gasteiger partial charge in [0.1, 0.15) is 12.5 Å². The number of amides is 1. The number of aliphatic hydroxyl groups excluding tert-OH is 3. The summed E-state index contributed by atoms with van der Waals surface area (Å²) in [4.78, 5) is 19.6. The minimum atomic E-state index is -1.17. The largest absolute Gasteiger partial charge is 0.381 e. The van der Waals surface area contributed by atoms with Gasteiger partial charge in [0.05, 0.1) is 19.3 Å². The van der Waals surface area contributed by atoms with E-state index in [1.807, 2.05) is 6.07 Å². The predicted molar refractivity (Wildman–Crippen MR) is 146 cm³/mol. The van der Waals surface area contributed by atoms with Crippen LogP contribution in [-0.2, 0) is 17.8 Å². The molecular formula is C29H39N5O5. The molecule has 0 spiro atoms. The van der Waals surface area contributed by atoms with Gasteiger partial charge in [0.25, 0.3) is 5.91 Å². The number of nitrogens with zero attached hydrogens (tertiary/aromatic N) is 3. The number of aliphatic hydroxyl groups is 3. The minimum Gasteiger partial charge on any atom is -0.381 e. The van der Waals surface area contributed by atoms with Gasteiger partial charge in [0.15, 0.2) is 6.23 Å². The predicted octanol–water partition coefficient (Wildman–Crippen LogP) is 0.959. The molecule has 0 aromatic heterocycles. The molecule has 10 heteroatoms. The third kappa shape index (κ3) is 5.30. The summed E-state index contributed by atoms with van der Waals surface area (Å²) in [6.45, 7) is 9.64. The normalized spacial score (nSPS) is 28.4. The number of likely N-dealkylation sites (tertiary alicyclic amines) is 1. The number of rotatable bonds is 7. The van der Waals surface area contributed by atoms with E-state index in [0.29, 0.717) is 42.2 Å². The number of benzene rings is 2. The van der Waals surface area contributed by atoms with Crippen molar-refractivity contribution >= 4 is 11.6 Å². The SMILES string of the molecule is Cc1cc(CNc2cccc3c2C(O)N(C2CCC(O)NC2O)C3=O)ccc1CN1CC(N2CCOCC2)C1. The van der Waals surface area contributed by atoms with Gasteiger partial charge in [-0.05, 0) is 48.6 Å². The number of ether oxygens (including phenoxy) is 1. The second kappa shape index (κ2) is 11.1. The van der Waals surface area contributed by atoms with E-state index in [2.05, 4.69) is 45.6 Å². The fourth-order valence-electron chi connectivity index (χ4n) is 6.40. The maximum atomic E-state index is 13.2. The third-order valence-electron chi connectivity index (χ3n) is 8.70.